The molecule has 0 N–H and O–H groups in total. The lowest BCUT2D eigenvalue weighted by Gasteiger charge is -2.30. The van der Waals surface area contributed by atoms with Crippen molar-refractivity contribution in [1.29, 1.82) is 0 Å². The number of likely N-dealkylation sites (N-methyl/N-ethyl adjacent to an activating group) is 1. The topological polar surface area (TPSA) is 58.0 Å². The van der Waals surface area contributed by atoms with Gasteiger partial charge in [-0.25, -0.2) is 9.97 Å². The molecule has 1 saturated heterocycles. The fourth-order valence-electron chi connectivity index (χ4n) is 3.85. The summed E-state index contributed by atoms with van der Waals surface area (Å²) in [5, 5.41) is 8.30. The molecule has 0 bridgehead atoms. The molecule has 4 rings (SSSR count). The average Bonchev–Trinajstić information content (AvgIpc) is 3.24. The fraction of sp³-hybridized carbons (Fsp3) is 0.529. The van der Waals surface area contributed by atoms with Crippen molar-refractivity contribution >= 4 is 11.6 Å². The summed E-state index contributed by atoms with van der Waals surface area (Å²) >= 11 is 0. The predicted octanol–water partition coefficient (Wildman–Crippen LogP) is 1.86. The van der Waals surface area contributed by atoms with Gasteiger partial charge in [-0.05, 0) is 44.2 Å². The number of nitrogens with zero attached hydrogens (tertiary/aromatic N) is 6. The van der Waals surface area contributed by atoms with E-state index in [1.165, 1.54) is 30.5 Å². The monoisotopic (exact) mass is 310 g/mol. The molecule has 0 radical (unpaired) electrons. The van der Waals surface area contributed by atoms with Crippen LogP contribution in [0.1, 0.15) is 30.5 Å². The Bertz CT molecular complexity index is 674. The lowest BCUT2D eigenvalue weighted by molar-refractivity contribution is 0.641. The highest BCUT2D eigenvalue weighted by molar-refractivity contribution is 5.50. The smallest absolute Gasteiger partial charge is 0.151 e. The third kappa shape index (κ3) is 2.73. The van der Waals surface area contributed by atoms with Crippen LogP contribution in [-0.4, -0.2) is 46.3 Å². The van der Waals surface area contributed by atoms with Gasteiger partial charge in [0, 0.05) is 43.6 Å². The van der Waals surface area contributed by atoms with Crippen molar-refractivity contribution in [3.05, 3.63) is 35.9 Å². The summed E-state index contributed by atoms with van der Waals surface area (Å²) in [7, 11) is 2.15. The zero-order valence-electron chi connectivity index (χ0n) is 13.5. The van der Waals surface area contributed by atoms with Crippen molar-refractivity contribution in [2.24, 2.45) is 0 Å². The van der Waals surface area contributed by atoms with E-state index in [1.54, 1.807) is 12.5 Å². The second-order valence-electron chi connectivity index (χ2n) is 6.43. The minimum absolute atomic E-state index is 0.462. The highest BCUT2D eigenvalue weighted by Gasteiger charge is 2.28. The molecule has 1 aliphatic heterocycles. The molecule has 2 aromatic rings. The molecule has 0 spiro atoms. The van der Waals surface area contributed by atoms with Crippen LogP contribution in [0.5, 0.6) is 0 Å². The van der Waals surface area contributed by atoms with Crippen LogP contribution in [0.15, 0.2) is 24.7 Å². The lowest BCUT2D eigenvalue weighted by Crippen LogP contribution is -2.40. The van der Waals surface area contributed by atoms with Crippen LogP contribution in [0.2, 0.25) is 0 Å². The number of fused-ring (bicyclic) bond motifs is 1. The zero-order chi connectivity index (χ0) is 15.6. The quantitative estimate of drug-likeness (QED) is 0.859. The lowest BCUT2D eigenvalue weighted by atomic mass is 10.2. The molecule has 3 heterocycles. The molecule has 0 amide bonds. The van der Waals surface area contributed by atoms with E-state index in [9.17, 15) is 0 Å². The minimum atomic E-state index is 0.462. The predicted molar refractivity (Wildman–Crippen MR) is 89.7 cm³/mol. The van der Waals surface area contributed by atoms with Crippen molar-refractivity contribution in [2.75, 3.05) is 29.9 Å². The van der Waals surface area contributed by atoms with Crippen LogP contribution in [0.25, 0.3) is 0 Å². The largest absolute Gasteiger partial charge is 0.357 e. The van der Waals surface area contributed by atoms with E-state index in [2.05, 4.69) is 37.0 Å². The fourth-order valence-corrected chi connectivity index (χ4v) is 3.85. The maximum absolute atomic E-state index is 4.56. The molecule has 120 valence electrons. The first-order valence-corrected chi connectivity index (χ1v) is 8.41. The molecule has 0 saturated carbocycles. The molecule has 2 aliphatic rings. The maximum Gasteiger partial charge on any atom is 0.151 e. The molecular weight excluding hydrogens is 288 g/mol. The molecule has 23 heavy (non-hydrogen) atoms. The van der Waals surface area contributed by atoms with Crippen molar-refractivity contribution in [3.63, 3.8) is 0 Å². The van der Waals surface area contributed by atoms with Gasteiger partial charge in [0.05, 0.1) is 0 Å². The minimum Gasteiger partial charge on any atom is -0.357 e. The molecular formula is C17H22N6. The van der Waals surface area contributed by atoms with Gasteiger partial charge in [-0.15, -0.1) is 5.10 Å². The Balaban J connectivity index is 1.52. The van der Waals surface area contributed by atoms with Gasteiger partial charge in [0.15, 0.2) is 5.82 Å². The van der Waals surface area contributed by atoms with Crippen LogP contribution < -0.4 is 9.80 Å². The highest BCUT2D eigenvalue weighted by Crippen LogP contribution is 2.29. The number of hydrogen-bond acceptors (Lipinski definition) is 6. The van der Waals surface area contributed by atoms with Crippen LogP contribution in [0.3, 0.4) is 0 Å². The van der Waals surface area contributed by atoms with E-state index in [0.29, 0.717) is 6.04 Å². The number of aryl methyl sites for hydroxylation is 1. The molecule has 1 atom stereocenters. The van der Waals surface area contributed by atoms with Crippen molar-refractivity contribution in [1.82, 2.24) is 20.2 Å². The Kier molecular flexibility index (Phi) is 3.81. The number of aromatic nitrogens is 4. The number of hydrogen-bond donors (Lipinski definition) is 0. The summed E-state index contributed by atoms with van der Waals surface area (Å²) in [6, 6.07) is 4.47. The second-order valence-corrected chi connectivity index (χ2v) is 6.43. The average molecular weight is 310 g/mol. The second kappa shape index (κ2) is 6.10. The summed E-state index contributed by atoms with van der Waals surface area (Å²) in [5.41, 5.74) is 2.58. The van der Waals surface area contributed by atoms with Gasteiger partial charge in [-0.3, -0.25) is 0 Å². The van der Waals surface area contributed by atoms with E-state index in [4.69, 9.17) is 0 Å². The highest BCUT2D eigenvalue weighted by atomic mass is 15.3. The first kappa shape index (κ1) is 14.4. The Morgan fingerprint density at radius 2 is 2.22 bits per heavy atom. The molecule has 0 aromatic carbocycles. The zero-order valence-corrected chi connectivity index (χ0v) is 13.5. The van der Waals surface area contributed by atoms with Crippen molar-refractivity contribution in [3.8, 4) is 0 Å². The summed E-state index contributed by atoms with van der Waals surface area (Å²) in [4.78, 5) is 13.7. The van der Waals surface area contributed by atoms with E-state index >= 15 is 0 Å². The molecule has 1 aliphatic carbocycles. The van der Waals surface area contributed by atoms with Crippen LogP contribution in [-0.2, 0) is 12.8 Å². The van der Waals surface area contributed by atoms with Crippen LogP contribution >= 0.6 is 0 Å². The Labute approximate surface area is 136 Å². The van der Waals surface area contributed by atoms with Gasteiger partial charge in [-0.2, -0.15) is 5.10 Å². The standard InChI is InChI=1S/C17H22N6/c1-22(17-14-6-2-7-15(14)18-12-19-17)11-13-5-4-10-23(13)16-8-3-9-20-21-16/h3,8-9,12-13H,2,4-7,10-11H2,1H3/t13-/m0/s1. The van der Waals surface area contributed by atoms with Gasteiger partial charge in [0.2, 0.25) is 0 Å². The third-order valence-corrected chi connectivity index (χ3v) is 4.93. The Morgan fingerprint density at radius 1 is 1.26 bits per heavy atom. The first-order valence-electron chi connectivity index (χ1n) is 8.41. The van der Waals surface area contributed by atoms with Gasteiger partial charge in [0.1, 0.15) is 12.1 Å². The van der Waals surface area contributed by atoms with Crippen molar-refractivity contribution < 1.29 is 0 Å². The molecule has 1 fully saturated rings. The van der Waals surface area contributed by atoms with Crippen LogP contribution in [0.4, 0.5) is 11.6 Å². The van der Waals surface area contributed by atoms with E-state index in [-0.39, 0.29) is 0 Å². The normalized spacial score (nSPS) is 19.9. The van der Waals surface area contributed by atoms with Crippen LogP contribution in [0, 0.1) is 0 Å². The summed E-state index contributed by atoms with van der Waals surface area (Å²) in [6.45, 7) is 2.01. The van der Waals surface area contributed by atoms with Gasteiger partial charge < -0.3 is 9.80 Å². The third-order valence-electron chi connectivity index (χ3n) is 4.93. The molecule has 6 heteroatoms. The summed E-state index contributed by atoms with van der Waals surface area (Å²) in [6.07, 6.45) is 9.23. The Morgan fingerprint density at radius 3 is 3.09 bits per heavy atom. The molecule has 6 nitrogen and oxygen atoms in total. The number of anilines is 2. The number of rotatable bonds is 4. The van der Waals surface area contributed by atoms with E-state index in [0.717, 1.165) is 37.6 Å². The van der Waals surface area contributed by atoms with E-state index in [1.807, 2.05) is 12.1 Å². The Hall–Kier alpha value is -2.24. The summed E-state index contributed by atoms with van der Waals surface area (Å²) < 4.78 is 0. The maximum atomic E-state index is 4.56. The summed E-state index contributed by atoms with van der Waals surface area (Å²) in [5.74, 6) is 2.09. The van der Waals surface area contributed by atoms with Gasteiger partial charge in [0.25, 0.3) is 0 Å². The SMILES string of the molecule is CN(C[C@@H]1CCCN1c1cccnn1)c1ncnc2c1CCC2. The first-order chi connectivity index (χ1) is 11.3. The molecule has 0 unspecified atom stereocenters. The molecule has 2 aromatic heterocycles. The van der Waals surface area contributed by atoms with Gasteiger partial charge in [-0.1, -0.05) is 0 Å². The van der Waals surface area contributed by atoms with Crippen molar-refractivity contribution in [2.45, 2.75) is 38.1 Å². The van der Waals surface area contributed by atoms with E-state index < -0.39 is 0 Å². The van der Waals surface area contributed by atoms with Gasteiger partial charge >= 0.3 is 0 Å².